The minimum absolute atomic E-state index is 0. The summed E-state index contributed by atoms with van der Waals surface area (Å²) >= 11 is 0. The molecule has 1 aromatic carbocycles. The highest BCUT2D eigenvalue weighted by atomic mass is 35.5. The van der Waals surface area contributed by atoms with Crippen molar-refractivity contribution in [1.29, 1.82) is 0 Å². The number of nitrogens with zero attached hydrogens (tertiary/aromatic N) is 1. The Bertz CT molecular complexity index is 624. The highest BCUT2D eigenvalue weighted by Gasteiger charge is 2.43. The summed E-state index contributed by atoms with van der Waals surface area (Å²) in [4.78, 5) is 0.0763. The van der Waals surface area contributed by atoms with Crippen LogP contribution in [0.25, 0.3) is 0 Å². The second-order valence-corrected chi connectivity index (χ2v) is 7.81. The highest BCUT2D eigenvalue weighted by molar-refractivity contribution is 7.89. The van der Waals surface area contributed by atoms with Crippen molar-refractivity contribution in [1.82, 2.24) is 4.31 Å². The van der Waals surface area contributed by atoms with Crippen molar-refractivity contribution < 1.29 is 12.8 Å². The summed E-state index contributed by atoms with van der Waals surface area (Å²) in [5, 5.41) is 0. The Balaban J connectivity index is 0.00000161. The van der Waals surface area contributed by atoms with Gasteiger partial charge in [0, 0.05) is 19.1 Å². The third-order valence-electron chi connectivity index (χ3n) is 4.64. The number of piperidine rings is 1. The summed E-state index contributed by atoms with van der Waals surface area (Å²) in [6, 6.07) is 4.01. The molecule has 4 nitrogen and oxygen atoms in total. The molecule has 3 rings (SSSR count). The minimum atomic E-state index is -3.63. The van der Waals surface area contributed by atoms with Crippen LogP contribution in [0.4, 0.5) is 4.39 Å². The van der Waals surface area contributed by atoms with Gasteiger partial charge in [-0.1, -0.05) is 6.07 Å². The first-order valence-electron chi connectivity index (χ1n) is 6.91. The molecule has 1 aliphatic heterocycles. The number of hydrogen-bond acceptors (Lipinski definition) is 3. The molecule has 21 heavy (non-hydrogen) atoms. The summed E-state index contributed by atoms with van der Waals surface area (Å²) in [5.74, 6) is -0.0550. The van der Waals surface area contributed by atoms with Gasteiger partial charge < -0.3 is 5.73 Å². The molecule has 1 saturated heterocycles. The van der Waals surface area contributed by atoms with Crippen LogP contribution in [0.1, 0.15) is 18.4 Å². The first-order chi connectivity index (χ1) is 9.39. The van der Waals surface area contributed by atoms with E-state index < -0.39 is 15.8 Å². The Hall–Kier alpha value is -0.690. The van der Waals surface area contributed by atoms with E-state index in [9.17, 15) is 12.8 Å². The van der Waals surface area contributed by atoms with Gasteiger partial charge in [-0.3, -0.25) is 0 Å². The molecule has 2 fully saturated rings. The molecular weight excluding hydrogens is 315 g/mol. The summed E-state index contributed by atoms with van der Waals surface area (Å²) in [6.07, 6.45) is 1.97. The van der Waals surface area contributed by atoms with Crippen molar-refractivity contribution in [3.63, 3.8) is 0 Å². The monoisotopic (exact) mass is 334 g/mol. The first-order valence-corrected chi connectivity index (χ1v) is 8.35. The van der Waals surface area contributed by atoms with Crippen LogP contribution >= 0.6 is 12.4 Å². The van der Waals surface area contributed by atoms with Crippen LogP contribution < -0.4 is 5.73 Å². The molecule has 118 valence electrons. The number of sulfonamides is 1. The average molecular weight is 335 g/mol. The van der Waals surface area contributed by atoms with Crippen LogP contribution in [0.2, 0.25) is 0 Å². The average Bonchev–Trinajstić information content (AvgIpc) is 2.64. The van der Waals surface area contributed by atoms with Crippen molar-refractivity contribution in [3.8, 4) is 0 Å². The molecule has 1 unspecified atom stereocenters. The summed E-state index contributed by atoms with van der Waals surface area (Å²) in [7, 11) is -3.63. The van der Waals surface area contributed by atoms with Crippen molar-refractivity contribution in [2.75, 3.05) is 13.1 Å². The lowest BCUT2D eigenvalue weighted by molar-refractivity contribution is 0.228. The molecule has 1 aliphatic carbocycles. The van der Waals surface area contributed by atoms with E-state index in [4.69, 9.17) is 5.73 Å². The van der Waals surface area contributed by atoms with E-state index in [2.05, 4.69) is 0 Å². The normalized spacial score (nSPS) is 29.2. The second-order valence-electron chi connectivity index (χ2n) is 5.91. The zero-order valence-electron chi connectivity index (χ0n) is 11.8. The standard InChI is InChI=1S/C14H19FN2O2S.ClH/c1-9-2-5-12(15)6-13(9)20(18,19)17-7-10-3-4-11(8-17)14(10)16;/h2,5-6,10-11,14H,3-4,7-8,16H2,1H3;1H/t10-,11+,14?;. The van der Waals surface area contributed by atoms with Crippen molar-refractivity contribution in [2.45, 2.75) is 30.7 Å². The van der Waals surface area contributed by atoms with E-state index in [1.807, 2.05) is 0 Å². The number of rotatable bonds is 2. The second kappa shape index (κ2) is 5.83. The van der Waals surface area contributed by atoms with Crippen molar-refractivity contribution >= 4 is 22.4 Å². The zero-order chi connectivity index (χ0) is 14.5. The number of halogens is 2. The maximum Gasteiger partial charge on any atom is 0.243 e. The summed E-state index contributed by atoms with van der Waals surface area (Å²) in [5.41, 5.74) is 6.68. The van der Waals surface area contributed by atoms with Gasteiger partial charge >= 0.3 is 0 Å². The number of aryl methyl sites for hydroxylation is 1. The Labute approximate surface area is 131 Å². The maximum absolute atomic E-state index is 13.4. The summed E-state index contributed by atoms with van der Waals surface area (Å²) < 4.78 is 40.3. The van der Waals surface area contributed by atoms with Crippen LogP contribution in [0.5, 0.6) is 0 Å². The van der Waals surface area contributed by atoms with Crippen molar-refractivity contribution in [3.05, 3.63) is 29.6 Å². The molecular formula is C14H20ClFN2O2S. The van der Waals surface area contributed by atoms with Crippen LogP contribution in [0.3, 0.4) is 0 Å². The van der Waals surface area contributed by atoms with Crippen LogP contribution in [-0.2, 0) is 10.0 Å². The van der Waals surface area contributed by atoms with Gasteiger partial charge in [-0.15, -0.1) is 12.4 Å². The van der Waals surface area contributed by atoms with Gasteiger partial charge in [0.05, 0.1) is 4.90 Å². The van der Waals surface area contributed by atoms with Gasteiger partial charge in [-0.05, 0) is 49.3 Å². The lowest BCUT2D eigenvalue weighted by Crippen LogP contribution is -2.50. The molecule has 0 aromatic heterocycles. The highest BCUT2D eigenvalue weighted by Crippen LogP contribution is 2.38. The Kier molecular flexibility index (Phi) is 4.63. The van der Waals surface area contributed by atoms with E-state index in [0.29, 0.717) is 18.7 Å². The predicted molar refractivity (Wildman–Crippen MR) is 81.3 cm³/mol. The fraction of sp³-hybridized carbons (Fsp3) is 0.571. The smallest absolute Gasteiger partial charge is 0.243 e. The number of benzene rings is 1. The van der Waals surface area contributed by atoms with E-state index in [0.717, 1.165) is 18.9 Å². The Morgan fingerprint density at radius 1 is 1.24 bits per heavy atom. The lowest BCUT2D eigenvalue weighted by atomic mass is 9.95. The molecule has 1 saturated carbocycles. The molecule has 0 radical (unpaired) electrons. The van der Waals surface area contributed by atoms with E-state index in [1.165, 1.54) is 16.4 Å². The SMILES string of the molecule is Cc1ccc(F)cc1S(=O)(=O)N1C[C@H]2CC[C@@H](C1)C2N.Cl. The van der Waals surface area contributed by atoms with E-state index in [1.54, 1.807) is 6.92 Å². The predicted octanol–water partition coefficient (Wildman–Crippen LogP) is 1.91. The molecule has 0 amide bonds. The molecule has 1 aromatic rings. The molecule has 0 spiro atoms. The van der Waals surface area contributed by atoms with Gasteiger partial charge in [0.1, 0.15) is 5.82 Å². The van der Waals surface area contributed by atoms with Crippen LogP contribution in [-0.4, -0.2) is 31.9 Å². The number of nitrogens with two attached hydrogens (primary N) is 1. The molecule has 2 aliphatic rings. The topological polar surface area (TPSA) is 63.4 Å². The third-order valence-corrected chi connectivity index (χ3v) is 6.61. The lowest BCUT2D eigenvalue weighted by Gasteiger charge is -2.35. The van der Waals surface area contributed by atoms with Crippen LogP contribution in [0, 0.1) is 24.6 Å². The van der Waals surface area contributed by atoms with Gasteiger partial charge in [-0.25, -0.2) is 12.8 Å². The summed E-state index contributed by atoms with van der Waals surface area (Å²) in [6.45, 7) is 2.60. The number of fused-ring (bicyclic) bond motifs is 2. The van der Waals surface area contributed by atoms with Gasteiger partial charge in [0.15, 0.2) is 0 Å². The van der Waals surface area contributed by atoms with Gasteiger partial charge in [-0.2, -0.15) is 4.31 Å². The fourth-order valence-corrected chi connectivity index (χ4v) is 5.20. The van der Waals surface area contributed by atoms with Gasteiger partial charge in [0.2, 0.25) is 10.0 Å². The van der Waals surface area contributed by atoms with Crippen molar-refractivity contribution in [2.24, 2.45) is 17.6 Å². The largest absolute Gasteiger partial charge is 0.327 e. The Morgan fingerprint density at radius 3 is 2.38 bits per heavy atom. The zero-order valence-corrected chi connectivity index (χ0v) is 13.5. The molecule has 2 N–H and O–H groups in total. The van der Waals surface area contributed by atoms with Gasteiger partial charge in [0.25, 0.3) is 0 Å². The van der Waals surface area contributed by atoms with Crippen LogP contribution in [0.15, 0.2) is 23.1 Å². The minimum Gasteiger partial charge on any atom is -0.327 e. The molecule has 1 heterocycles. The Morgan fingerprint density at radius 2 is 1.81 bits per heavy atom. The number of hydrogen-bond donors (Lipinski definition) is 1. The third kappa shape index (κ3) is 2.82. The quantitative estimate of drug-likeness (QED) is 0.898. The first kappa shape index (κ1) is 16.7. The molecule has 3 atom stereocenters. The van der Waals surface area contributed by atoms with E-state index in [-0.39, 0.29) is 35.2 Å². The molecule has 2 bridgehead atoms. The molecule has 7 heteroatoms. The maximum atomic E-state index is 13.4. The van der Waals surface area contributed by atoms with E-state index >= 15 is 0 Å². The fourth-order valence-electron chi connectivity index (χ4n) is 3.41.